The highest BCUT2D eigenvalue weighted by Crippen LogP contribution is 2.19. The zero-order chi connectivity index (χ0) is 15.2. The molecular formula is C17H20FNO2. The van der Waals surface area contributed by atoms with Gasteiger partial charge in [0.1, 0.15) is 11.6 Å². The van der Waals surface area contributed by atoms with Crippen molar-refractivity contribution in [3.05, 3.63) is 65.5 Å². The molecule has 0 saturated carbocycles. The predicted octanol–water partition coefficient (Wildman–Crippen LogP) is 3.22. The van der Waals surface area contributed by atoms with Gasteiger partial charge in [-0.25, -0.2) is 4.39 Å². The first-order valence-electron chi connectivity index (χ1n) is 6.91. The fourth-order valence-corrected chi connectivity index (χ4v) is 2.13. The van der Waals surface area contributed by atoms with Crippen LogP contribution in [0.5, 0.6) is 5.75 Å². The van der Waals surface area contributed by atoms with Crippen LogP contribution in [0.4, 0.5) is 4.39 Å². The molecule has 0 aliphatic carbocycles. The summed E-state index contributed by atoms with van der Waals surface area (Å²) in [5, 5.41) is 13.4. The lowest BCUT2D eigenvalue weighted by atomic mass is 10.1. The molecule has 0 saturated heterocycles. The van der Waals surface area contributed by atoms with Crippen molar-refractivity contribution < 1.29 is 14.2 Å². The highest BCUT2D eigenvalue weighted by Gasteiger charge is 2.11. The van der Waals surface area contributed by atoms with Crippen molar-refractivity contribution in [1.82, 2.24) is 5.32 Å². The highest BCUT2D eigenvalue weighted by atomic mass is 19.1. The first-order valence-corrected chi connectivity index (χ1v) is 6.91. The number of rotatable bonds is 6. The van der Waals surface area contributed by atoms with Crippen LogP contribution in [-0.2, 0) is 0 Å². The van der Waals surface area contributed by atoms with E-state index in [4.69, 9.17) is 4.74 Å². The molecule has 0 radical (unpaired) electrons. The molecule has 2 aromatic rings. The van der Waals surface area contributed by atoms with Gasteiger partial charge < -0.3 is 15.2 Å². The Morgan fingerprint density at radius 3 is 2.48 bits per heavy atom. The van der Waals surface area contributed by atoms with Gasteiger partial charge in [-0.15, -0.1) is 0 Å². The number of methoxy groups -OCH3 is 1. The third kappa shape index (κ3) is 4.28. The van der Waals surface area contributed by atoms with Crippen LogP contribution in [0, 0.1) is 5.82 Å². The second-order valence-corrected chi connectivity index (χ2v) is 4.97. The zero-order valence-electron chi connectivity index (χ0n) is 12.2. The molecule has 112 valence electrons. The van der Waals surface area contributed by atoms with Crippen LogP contribution in [0.25, 0.3) is 0 Å². The molecule has 0 fully saturated rings. The Kier molecular flexibility index (Phi) is 5.31. The van der Waals surface area contributed by atoms with Crippen LogP contribution < -0.4 is 10.1 Å². The number of benzene rings is 2. The SMILES string of the molecule is COc1ccc(C(O)CN[C@@H](C)c2cccc(F)c2)cc1. The van der Waals surface area contributed by atoms with Gasteiger partial charge >= 0.3 is 0 Å². The first kappa shape index (κ1) is 15.5. The number of ether oxygens (including phenoxy) is 1. The highest BCUT2D eigenvalue weighted by molar-refractivity contribution is 5.28. The van der Waals surface area contributed by atoms with E-state index < -0.39 is 6.10 Å². The smallest absolute Gasteiger partial charge is 0.123 e. The number of hydrogen-bond donors (Lipinski definition) is 2. The summed E-state index contributed by atoms with van der Waals surface area (Å²) in [6.07, 6.45) is -0.619. The van der Waals surface area contributed by atoms with Gasteiger partial charge in [-0.05, 0) is 42.3 Å². The minimum absolute atomic E-state index is 0.0337. The van der Waals surface area contributed by atoms with Crippen LogP contribution in [0.15, 0.2) is 48.5 Å². The number of nitrogens with one attached hydrogen (secondary N) is 1. The van der Waals surface area contributed by atoms with Gasteiger partial charge in [-0.1, -0.05) is 24.3 Å². The Hall–Kier alpha value is -1.91. The first-order chi connectivity index (χ1) is 10.1. The average Bonchev–Trinajstić information content (AvgIpc) is 2.52. The molecule has 0 aliphatic heterocycles. The van der Waals surface area contributed by atoms with Gasteiger partial charge in [0.2, 0.25) is 0 Å². The number of halogens is 1. The van der Waals surface area contributed by atoms with Gasteiger partial charge in [0.15, 0.2) is 0 Å². The van der Waals surface area contributed by atoms with Gasteiger partial charge in [0.25, 0.3) is 0 Å². The van der Waals surface area contributed by atoms with E-state index in [0.717, 1.165) is 16.9 Å². The van der Waals surface area contributed by atoms with Crippen molar-refractivity contribution in [3.8, 4) is 5.75 Å². The van der Waals surface area contributed by atoms with Crippen LogP contribution in [0.2, 0.25) is 0 Å². The third-order valence-corrected chi connectivity index (χ3v) is 3.47. The summed E-state index contributed by atoms with van der Waals surface area (Å²) < 4.78 is 18.3. The van der Waals surface area contributed by atoms with E-state index in [0.29, 0.717) is 6.54 Å². The van der Waals surface area contributed by atoms with Gasteiger partial charge in [0.05, 0.1) is 13.2 Å². The van der Waals surface area contributed by atoms with E-state index in [-0.39, 0.29) is 11.9 Å². The predicted molar refractivity (Wildman–Crippen MR) is 80.8 cm³/mol. The molecule has 4 heteroatoms. The molecule has 2 atom stereocenters. The van der Waals surface area contributed by atoms with Crippen LogP contribution in [0.1, 0.15) is 30.2 Å². The second-order valence-electron chi connectivity index (χ2n) is 4.97. The molecule has 1 unspecified atom stereocenters. The fraction of sp³-hybridized carbons (Fsp3) is 0.294. The van der Waals surface area contributed by atoms with E-state index in [9.17, 15) is 9.50 Å². The minimum atomic E-state index is -0.619. The Labute approximate surface area is 124 Å². The van der Waals surface area contributed by atoms with E-state index in [1.165, 1.54) is 12.1 Å². The van der Waals surface area contributed by atoms with Crippen molar-refractivity contribution in [2.45, 2.75) is 19.1 Å². The molecule has 2 N–H and O–H groups in total. The Morgan fingerprint density at radius 1 is 1.14 bits per heavy atom. The largest absolute Gasteiger partial charge is 0.497 e. The number of aliphatic hydroxyl groups is 1. The minimum Gasteiger partial charge on any atom is -0.497 e. The van der Waals surface area contributed by atoms with E-state index in [2.05, 4.69) is 5.32 Å². The second kappa shape index (κ2) is 7.20. The summed E-state index contributed by atoms with van der Waals surface area (Å²) in [5.41, 5.74) is 1.67. The van der Waals surface area contributed by atoms with Crippen LogP contribution >= 0.6 is 0 Å². The summed E-state index contributed by atoms with van der Waals surface area (Å²) in [7, 11) is 1.60. The van der Waals surface area contributed by atoms with Crippen molar-refractivity contribution >= 4 is 0 Å². The van der Waals surface area contributed by atoms with Crippen molar-refractivity contribution in [3.63, 3.8) is 0 Å². The Balaban J connectivity index is 1.92. The summed E-state index contributed by atoms with van der Waals surface area (Å²) >= 11 is 0. The Bertz CT molecular complexity index is 571. The lowest BCUT2D eigenvalue weighted by Gasteiger charge is -2.18. The molecule has 2 aromatic carbocycles. The van der Waals surface area contributed by atoms with Crippen molar-refractivity contribution in [1.29, 1.82) is 0 Å². The lowest BCUT2D eigenvalue weighted by Crippen LogP contribution is -2.24. The van der Waals surface area contributed by atoms with E-state index in [1.54, 1.807) is 13.2 Å². The molecule has 0 amide bonds. The summed E-state index contributed by atoms with van der Waals surface area (Å²) in [6.45, 7) is 2.33. The molecule has 2 rings (SSSR count). The molecule has 0 heterocycles. The molecule has 3 nitrogen and oxygen atoms in total. The third-order valence-electron chi connectivity index (χ3n) is 3.47. The average molecular weight is 289 g/mol. The maximum absolute atomic E-state index is 13.2. The molecular weight excluding hydrogens is 269 g/mol. The molecule has 0 aromatic heterocycles. The normalized spacial score (nSPS) is 13.7. The van der Waals surface area contributed by atoms with E-state index in [1.807, 2.05) is 37.3 Å². The topological polar surface area (TPSA) is 41.5 Å². The maximum atomic E-state index is 13.2. The van der Waals surface area contributed by atoms with Gasteiger partial charge in [-0.3, -0.25) is 0 Å². The standard InChI is InChI=1S/C17H20FNO2/c1-12(14-4-3-5-15(18)10-14)19-11-17(20)13-6-8-16(21-2)9-7-13/h3-10,12,17,19-20H,11H2,1-2H3/t12-,17?/m0/s1. The quantitative estimate of drug-likeness (QED) is 0.858. The molecule has 0 aliphatic rings. The molecule has 21 heavy (non-hydrogen) atoms. The zero-order valence-corrected chi connectivity index (χ0v) is 12.2. The van der Waals surface area contributed by atoms with Crippen LogP contribution in [-0.4, -0.2) is 18.8 Å². The monoisotopic (exact) mass is 289 g/mol. The van der Waals surface area contributed by atoms with Crippen molar-refractivity contribution in [2.24, 2.45) is 0 Å². The summed E-state index contributed by atoms with van der Waals surface area (Å²) in [6, 6.07) is 13.7. The maximum Gasteiger partial charge on any atom is 0.123 e. The van der Waals surface area contributed by atoms with Gasteiger partial charge in [-0.2, -0.15) is 0 Å². The summed E-state index contributed by atoms with van der Waals surface area (Å²) in [5.74, 6) is 0.504. The number of aliphatic hydroxyl groups excluding tert-OH is 1. The summed E-state index contributed by atoms with van der Waals surface area (Å²) in [4.78, 5) is 0. The molecule has 0 spiro atoms. The van der Waals surface area contributed by atoms with Gasteiger partial charge in [0, 0.05) is 12.6 Å². The lowest BCUT2D eigenvalue weighted by molar-refractivity contribution is 0.170. The van der Waals surface area contributed by atoms with E-state index >= 15 is 0 Å². The van der Waals surface area contributed by atoms with Crippen molar-refractivity contribution in [2.75, 3.05) is 13.7 Å². The number of hydrogen-bond acceptors (Lipinski definition) is 3. The molecule has 0 bridgehead atoms. The fourth-order valence-electron chi connectivity index (χ4n) is 2.13. The van der Waals surface area contributed by atoms with Crippen LogP contribution in [0.3, 0.4) is 0 Å². The Morgan fingerprint density at radius 2 is 1.86 bits per heavy atom.